The van der Waals surface area contributed by atoms with Crippen LogP contribution in [0.15, 0.2) is 54.6 Å². The molecule has 120 valence electrons. The van der Waals surface area contributed by atoms with Crippen molar-refractivity contribution < 1.29 is 4.57 Å². The second-order valence-corrected chi connectivity index (χ2v) is 7.49. The molecule has 1 nitrogen and oxygen atoms in total. The maximum absolute atomic E-state index is 2.40. The summed E-state index contributed by atoms with van der Waals surface area (Å²) in [5.41, 5.74) is 10.9. The summed E-state index contributed by atoms with van der Waals surface area (Å²) in [7, 11) is 2.15. The molecule has 0 aliphatic heterocycles. The third kappa shape index (κ3) is 1.97. The molecule has 1 heteroatoms. The van der Waals surface area contributed by atoms with Gasteiger partial charge in [0.15, 0.2) is 5.69 Å². The summed E-state index contributed by atoms with van der Waals surface area (Å²) in [6.07, 6.45) is 0. The van der Waals surface area contributed by atoms with E-state index in [4.69, 9.17) is 0 Å². The maximum Gasteiger partial charge on any atom is 0.212 e. The van der Waals surface area contributed by atoms with Crippen LogP contribution in [-0.4, -0.2) is 0 Å². The largest absolute Gasteiger partial charge is 0.212 e. The van der Waals surface area contributed by atoms with Crippen molar-refractivity contribution in [1.82, 2.24) is 0 Å². The van der Waals surface area contributed by atoms with Crippen molar-refractivity contribution >= 4 is 0 Å². The zero-order chi connectivity index (χ0) is 17.1. The molecule has 2 aromatic carbocycles. The van der Waals surface area contributed by atoms with Crippen LogP contribution in [0.25, 0.3) is 22.4 Å². The maximum atomic E-state index is 2.40. The zero-order valence-corrected chi connectivity index (χ0v) is 15.1. The number of nitrogens with zero attached hydrogens (tertiary/aromatic N) is 1. The number of hydrogen-bond donors (Lipinski definition) is 0. The Bertz CT molecular complexity index is 964. The lowest BCUT2D eigenvalue weighted by atomic mass is 9.81. The summed E-state index contributed by atoms with van der Waals surface area (Å²) < 4.78 is 2.28. The summed E-state index contributed by atoms with van der Waals surface area (Å²) in [5, 5.41) is 0. The minimum absolute atomic E-state index is 0.0734. The van der Waals surface area contributed by atoms with Crippen LogP contribution >= 0.6 is 0 Å². The van der Waals surface area contributed by atoms with Crippen molar-refractivity contribution in [2.24, 2.45) is 7.05 Å². The average Bonchev–Trinajstić information content (AvgIpc) is 2.78. The van der Waals surface area contributed by atoms with Crippen molar-refractivity contribution in [3.63, 3.8) is 0 Å². The SMILES string of the molecule is Cc1cc2c(cc1-c1cccc(C)[n+]1C)-c1ccccc1C2(C)C. The predicted octanol–water partition coefficient (Wildman–Crippen LogP) is 5.10. The van der Waals surface area contributed by atoms with Gasteiger partial charge in [0.1, 0.15) is 7.05 Å². The molecule has 1 aliphatic carbocycles. The number of fused-ring (bicyclic) bond motifs is 3. The molecule has 0 saturated carbocycles. The van der Waals surface area contributed by atoms with Gasteiger partial charge in [-0.05, 0) is 46.9 Å². The fourth-order valence-corrected chi connectivity index (χ4v) is 4.09. The normalized spacial score (nSPS) is 14.4. The lowest BCUT2D eigenvalue weighted by Gasteiger charge is -2.22. The van der Waals surface area contributed by atoms with E-state index in [0.29, 0.717) is 0 Å². The number of benzene rings is 2. The molecule has 0 radical (unpaired) electrons. The van der Waals surface area contributed by atoms with Crippen molar-refractivity contribution in [3.8, 4) is 22.4 Å². The number of aromatic nitrogens is 1. The first-order chi connectivity index (χ1) is 11.4. The summed E-state index contributed by atoms with van der Waals surface area (Å²) in [6.45, 7) is 9.06. The van der Waals surface area contributed by atoms with Gasteiger partial charge in [-0.15, -0.1) is 0 Å². The Hall–Kier alpha value is -2.41. The number of hydrogen-bond acceptors (Lipinski definition) is 0. The van der Waals surface area contributed by atoms with E-state index in [9.17, 15) is 0 Å². The van der Waals surface area contributed by atoms with E-state index in [2.05, 4.69) is 93.9 Å². The predicted molar refractivity (Wildman–Crippen MR) is 100 cm³/mol. The Kier molecular flexibility index (Phi) is 3.18. The summed E-state index contributed by atoms with van der Waals surface area (Å²) in [4.78, 5) is 0. The Morgan fingerprint density at radius 3 is 2.29 bits per heavy atom. The summed E-state index contributed by atoms with van der Waals surface area (Å²) in [6, 6.07) is 20.2. The molecule has 0 atom stereocenters. The van der Waals surface area contributed by atoms with Crippen molar-refractivity contribution in [2.75, 3.05) is 0 Å². The molecule has 0 spiro atoms. The molecule has 4 rings (SSSR count). The first-order valence-corrected chi connectivity index (χ1v) is 8.62. The molecule has 0 amide bonds. The van der Waals surface area contributed by atoms with Gasteiger partial charge < -0.3 is 0 Å². The van der Waals surface area contributed by atoms with Gasteiger partial charge in [-0.25, -0.2) is 0 Å². The van der Waals surface area contributed by atoms with Crippen LogP contribution < -0.4 is 4.57 Å². The molecule has 0 bridgehead atoms. The second-order valence-electron chi connectivity index (χ2n) is 7.49. The highest BCUT2D eigenvalue weighted by atomic mass is 14.9. The summed E-state index contributed by atoms with van der Waals surface area (Å²) in [5.74, 6) is 0. The Morgan fingerprint density at radius 1 is 0.750 bits per heavy atom. The fraction of sp³-hybridized carbons (Fsp3) is 0.261. The van der Waals surface area contributed by atoms with Gasteiger partial charge in [0.25, 0.3) is 0 Å². The van der Waals surface area contributed by atoms with E-state index in [-0.39, 0.29) is 5.41 Å². The molecule has 3 aromatic rings. The van der Waals surface area contributed by atoms with Crippen molar-refractivity contribution in [3.05, 3.63) is 77.0 Å². The van der Waals surface area contributed by atoms with E-state index >= 15 is 0 Å². The number of aryl methyl sites for hydroxylation is 2. The molecule has 1 aliphatic rings. The van der Waals surface area contributed by atoms with Gasteiger partial charge in [-0.3, -0.25) is 0 Å². The third-order valence-electron chi connectivity index (χ3n) is 5.69. The molecule has 24 heavy (non-hydrogen) atoms. The molecule has 0 unspecified atom stereocenters. The first kappa shape index (κ1) is 15.1. The Labute approximate surface area is 144 Å². The van der Waals surface area contributed by atoms with Crippen molar-refractivity contribution in [2.45, 2.75) is 33.1 Å². The minimum Gasteiger partial charge on any atom is -0.199 e. The van der Waals surface area contributed by atoms with Crippen molar-refractivity contribution in [1.29, 1.82) is 0 Å². The molecule has 0 N–H and O–H groups in total. The standard InChI is InChI=1S/C23H24N/c1-15-13-21-19(17-10-6-7-11-20(17)23(21,3)4)14-18(15)22-12-8-9-16(2)24(22)5/h6-14H,1-5H3/q+1. The highest BCUT2D eigenvalue weighted by Gasteiger charge is 2.36. The highest BCUT2D eigenvalue weighted by molar-refractivity contribution is 5.84. The zero-order valence-electron chi connectivity index (χ0n) is 15.1. The van der Waals surface area contributed by atoms with Crippen LogP contribution in [0.3, 0.4) is 0 Å². The lowest BCUT2D eigenvalue weighted by Crippen LogP contribution is -2.34. The fourth-order valence-electron chi connectivity index (χ4n) is 4.09. The van der Waals surface area contributed by atoms with Crippen LogP contribution in [0.4, 0.5) is 0 Å². The van der Waals surface area contributed by atoms with Crippen LogP contribution in [0.5, 0.6) is 0 Å². The van der Waals surface area contributed by atoms with E-state index in [1.54, 1.807) is 0 Å². The van der Waals surface area contributed by atoms with Gasteiger partial charge >= 0.3 is 0 Å². The van der Waals surface area contributed by atoms with Gasteiger partial charge in [-0.2, -0.15) is 4.57 Å². The minimum atomic E-state index is 0.0734. The molecular weight excluding hydrogens is 290 g/mol. The smallest absolute Gasteiger partial charge is 0.199 e. The lowest BCUT2D eigenvalue weighted by molar-refractivity contribution is -0.666. The second kappa shape index (κ2) is 5.04. The van der Waals surface area contributed by atoms with E-state index in [1.165, 1.54) is 44.8 Å². The highest BCUT2D eigenvalue weighted by Crippen LogP contribution is 2.49. The van der Waals surface area contributed by atoms with Gasteiger partial charge in [-0.1, -0.05) is 44.2 Å². The van der Waals surface area contributed by atoms with Crippen LogP contribution in [0.1, 0.15) is 36.2 Å². The molecule has 0 fully saturated rings. The summed E-state index contributed by atoms with van der Waals surface area (Å²) >= 11 is 0. The molecule has 1 heterocycles. The van der Waals surface area contributed by atoms with Crippen LogP contribution in [0, 0.1) is 13.8 Å². The first-order valence-electron chi connectivity index (χ1n) is 8.62. The van der Waals surface area contributed by atoms with E-state index in [1.807, 2.05) is 0 Å². The molecule has 0 saturated heterocycles. The Morgan fingerprint density at radius 2 is 1.50 bits per heavy atom. The van der Waals surface area contributed by atoms with Gasteiger partial charge in [0.05, 0.1) is 0 Å². The van der Waals surface area contributed by atoms with E-state index in [0.717, 1.165) is 0 Å². The molecular formula is C23H24N+. The number of pyridine rings is 1. The van der Waals surface area contributed by atoms with Gasteiger partial charge in [0.2, 0.25) is 5.69 Å². The van der Waals surface area contributed by atoms with Gasteiger partial charge in [0, 0.05) is 30.0 Å². The quantitative estimate of drug-likeness (QED) is 0.550. The van der Waals surface area contributed by atoms with Crippen LogP contribution in [0.2, 0.25) is 0 Å². The third-order valence-corrected chi connectivity index (χ3v) is 5.69. The molecule has 1 aromatic heterocycles. The topological polar surface area (TPSA) is 3.88 Å². The Balaban J connectivity index is 2.02. The van der Waals surface area contributed by atoms with E-state index < -0.39 is 0 Å². The monoisotopic (exact) mass is 314 g/mol. The average molecular weight is 314 g/mol. The number of rotatable bonds is 1. The van der Waals surface area contributed by atoms with Crippen LogP contribution in [-0.2, 0) is 12.5 Å².